The topological polar surface area (TPSA) is 0 Å². The van der Waals surface area contributed by atoms with Gasteiger partial charge in [-0.1, -0.05) is 30.8 Å². The molecule has 0 aromatic rings. The van der Waals surface area contributed by atoms with Gasteiger partial charge in [-0.3, -0.25) is 0 Å². The second kappa shape index (κ2) is 4.98. The molecule has 0 unspecified atom stereocenters. The monoisotopic (exact) mass is 180 g/mol. The Morgan fingerprint density at radius 1 is 1.33 bits per heavy atom. The van der Waals surface area contributed by atoms with Crippen molar-refractivity contribution < 1.29 is 0 Å². The van der Waals surface area contributed by atoms with Gasteiger partial charge in [0.25, 0.3) is 0 Å². The fourth-order valence-corrected chi connectivity index (χ4v) is 1.24. The van der Waals surface area contributed by atoms with Crippen molar-refractivity contribution in [3.8, 4) is 0 Å². The van der Waals surface area contributed by atoms with Crippen LogP contribution in [0.1, 0.15) is 0 Å². The first-order valence-corrected chi connectivity index (χ1v) is 4.21. The highest BCUT2D eigenvalue weighted by Gasteiger charge is 1.94. The third-order valence-electron chi connectivity index (χ3n) is 0.683. The molecule has 0 nitrogen and oxygen atoms in total. The second-order valence-corrected chi connectivity index (χ2v) is 2.66. The number of rotatable bonds is 3. The minimum atomic E-state index is 0.532. The Morgan fingerprint density at radius 3 is 2.00 bits per heavy atom. The molecule has 0 amide bonds. The Labute approximate surface area is 68.7 Å². The predicted octanol–water partition coefficient (Wildman–Crippen LogP) is 3.70. The number of halogens is 2. The maximum Gasteiger partial charge on any atom is 0.0547 e. The second-order valence-electron chi connectivity index (χ2n) is 1.20. The molecule has 0 fully saturated rings. The SMILES string of the molecule is C=C/C(Cl)=C(\C=C)SCl. The highest BCUT2D eigenvalue weighted by Crippen LogP contribution is 2.26. The molecule has 3 heteroatoms. The van der Waals surface area contributed by atoms with Crippen LogP contribution in [0.5, 0.6) is 0 Å². The van der Waals surface area contributed by atoms with Crippen molar-refractivity contribution >= 4 is 33.3 Å². The van der Waals surface area contributed by atoms with Crippen LogP contribution in [0.25, 0.3) is 0 Å². The Hall–Kier alpha value is 0.150. The van der Waals surface area contributed by atoms with Crippen LogP contribution in [0.2, 0.25) is 0 Å². The van der Waals surface area contributed by atoms with Crippen molar-refractivity contribution in [3.63, 3.8) is 0 Å². The lowest BCUT2D eigenvalue weighted by Crippen LogP contribution is -1.67. The van der Waals surface area contributed by atoms with E-state index in [1.807, 2.05) is 0 Å². The first-order valence-electron chi connectivity index (χ1n) is 2.19. The van der Waals surface area contributed by atoms with Gasteiger partial charge < -0.3 is 0 Å². The van der Waals surface area contributed by atoms with Gasteiger partial charge in [0.05, 0.1) is 5.03 Å². The maximum absolute atomic E-state index is 5.62. The van der Waals surface area contributed by atoms with Gasteiger partial charge >= 0.3 is 0 Å². The van der Waals surface area contributed by atoms with Crippen molar-refractivity contribution in [2.24, 2.45) is 0 Å². The third-order valence-corrected chi connectivity index (χ3v) is 2.20. The Kier molecular flexibility index (Phi) is 5.06. The normalized spacial score (nSPS) is 12.2. The smallest absolute Gasteiger partial charge is 0.0547 e. The Bertz CT molecular complexity index is 149. The van der Waals surface area contributed by atoms with Crippen LogP contribution in [0, 0.1) is 0 Å². The van der Waals surface area contributed by atoms with Crippen molar-refractivity contribution in [2.75, 3.05) is 0 Å². The summed E-state index contributed by atoms with van der Waals surface area (Å²) in [5, 5.41) is 0.532. The summed E-state index contributed by atoms with van der Waals surface area (Å²) in [4.78, 5) is 0.730. The van der Waals surface area contributed by atoms with E-state index < -0.39 is 0 Å². The first-order chi connectivity index (χ1) is 4.26. The van der Waals surface area contributed by atoms with Gasteiger partial charge in [0.2, 0.25) is 0 Å². The lowest BCUT2D eigenvalue weighted by atomic mass is 10.5. The van der Waals surface area contributed by atoms with Gasteiger partial charge in [-0.15, -0.1) is 0 Å². The lowest BCUT2D eigenvalue weighted by Gasteiger charge is -1.92. The van der Waals surface area contributed by atoms with Crippen LogP contribution >= 0.6 is 33.3 Å². The molecule has 0 aliphatic heterocycles. The number of hydrogen-bond donors (Lipinski definition) is 0. The van der Waals surface area contributed by atoms with Gasteiger partial charge in [-0.25, -0.2) is 0 Å². The molecule has 0 heterocycles. The van der Waals surface area contributed by atoms with E-state index in [1.165, 1.54) is 6.08 Å². The fourth-order valence-electron chi connectivity index (χ4n) is 0.266. The lowest BCUT2D eigenvalue weighted by molar-refractivity contribution is 1.85. The Morgan fingerprint density at radius 2 is 1.89 bits per heavy atom. The zero-order chi connectivity index (χ0) is 7.28. The van der Waals surface area contributed by atoms with E-state index in [4.69, 9.17) is 22.3 Å². The summed E-state index contributed by atoms with van der Waals surface area (Å²) in [6, 6.07) is 0. The molecular formula is C6H6Cl2S. The number of allylic oxidation sites excluding steroid dienone is 3. The molecular weight excluding hydrogens is 175 g/mol. The van der Waals surface area contributed by atoms with E-state index in [-0.39, 0.29) is 0 Å². The van der Waals surface area contributed by atoms with Gasteiger partial charge in [-0.05, 0) is 27.7 Å². The van der Waals surface area contributed by atoms with Crippen molar-refractivity contribution in [2.45, 2.75) is 0 Å². The average molecular weight is 181 g/mol. The fraction of sp³-hybridized carbons (Fsp3) is 0. The highest BCUT2D eigenvalue weighted by molar-refractivity contribution is 8.24. The van der Waals surface area contributed by atoms with Crippen molar-refractivity contribution in [3.05, 3.63) is 35.2 Å². The molecule has 50 valence electrons. The molecule has 0 spiro atoms. The molecule has 0 aliphatic rings. The zero-order valence-corrected chi connectivity index (χ0v) is 7.06. The van der Waals surface area contributed by atoms with Crippen molar-refractivity contribution in [1.29, 1.82) is 0 Å². The van der Waals surface area contributed by atoms with Crippen LogP contribution in [-0.2, 0) is 0 Å². The summed E-state index contributed by atoms with van der Waals surface area (Å²) in [6.45, 7) is 6.97. The molecule has 0 aromatic carbocycles. The van der Waals surface area contributed by atoms with E-state index in [0.29, 0.717) is 5.03 Å². The van der Waals surface area contributed by atoms with E-state index in [2.05, 4.69) is 13.2 Å². The third kappa shape index (κ3) is 2.99. The summed E-state index contributed by atoms with van der Waals surface area (Å²) < 4.78 is 0. The molecule has 0 N–H and O–H groups in total. The minimum absolute atomic E-state index is 0.532. The molecule has 0 rings (SSSR count). The van der Waals surface area contributed by atoms with Gasteiger partial charge in [0.15, 0.2) is 0 Å². The van der Waals surface area contributed by atoms with Crippen LogP contribution in [0.3, 0.4) is 0 Å². The van der Waals surface area contributed by atoms with E-state index in [9.17, 15) is 0 Å². The maximum atomic E-state index is 5.62. The summed E-state index contributed by atoms with van der Waals surface area (Å²) in [7, 11) is 6.43. The highest BCUT2D eigenvalue weighted by atomic mass is 35.7. The van der Waals surface area contributed by atoms with Gasteiger partial charge in [0.1, 0.15) is 0 Å². The summed E-state index contributed by atoms with van der Waals surface area (Å²) >= 11 is 5.62. The quantitative estimate of drug-likeness (QED) is 0.598. The number of hydrogen-bond acceptors (Lipinski definition) is 1. The molecule has 9 heavy (non-hydrogen) atoms. The summed E-state index contributed by atoms with van der Waals surface area (Å²) in [6.07, 6.45) is 3.11. The minimum Gasteiger partial charge on any atom is -0.0979 e. The predicted molar refractivity (Wildman–Crippen MR) is 46.7 cm³/mol. The average Bonchev–Trinajstić information content (AvgIpc) is 1.90. The summed E-state index contributed by atoms with van der Waals surface area (Å²) in [5.74, 6) is 0. The molecule has 0 saturated carbocycles. The molecule has 0 bridgehead atoms. The Balaban J connectivity index is 4.36. The molecule has 0 radical (unpaired) electrons. The molecule has 0 saturated heterocycles. The van der Waals surface area contributed by atoms with Gasteiger partial charge in [-0.2, -0.15) is 0 Å². The van der Waals surface area contributed by atoms with Crippen LogP contribution in [0.15, 0.2) is 35.2 Å². The first kappa shape index (κ1) is 9.15. The van der Waals surface area contributed by atoms with Gasteiger partial charge in [0, 0.05) is 4.91 Å². The summed E-state index contributed by atoms with van der Waals surface area (Å²) in [5.41, 5.74) is 0. The molecule has 0 aromatic heterocycles. The zero-order valence-electron chi connectivity index (χ0n) is 4.73. The molecule has 0 aliphatic carbocycles. The standard InChI is InChI=1S/C6H6Cl2S/c1-3-5(7)6(4-2)9-8/h3-4H,1-2H2/b6-5-. The van der Waals surface area contributed by atoms with Crippen LogP contribution in [0.4, 0.5) is 0 Å². The largest absolute Gasteiger partial charge is 0.0979 e. The van der Waals surface area contributed by atoms with E-state index in [1.54, 1.807) is 6.08 Å². The van der Waals surface area contributed by atoms with Crippen LogP contribution in [-0.4, -0.2) is 0 Å². The van der Waals surface area contributed by atoms with Crippen LogP contribution < -0.4 is 0 Å². The van der Waals surface area contributed by atoms with E-state index in [0.717, 1.165) is 15.9 Å². The molecule has 0 atom stereocenters. The van der Waals surface area contributed by atoms with Crippen molar-refractivity contribution in [1.82, 2.24) is 0 Å². The van der Waals surface area contributed by atoms with E-state index >= 15 is 0 Å².